The molecule has 4 rings (SSSR count). The van der Waals surface area contributed by atoms with Crippen LogP contribution in [0, 0.1) is 5.82 Å². The van der Waals surface area contributed by atoms with E-state index < -0.39 is 6.10 Å². The number of rotatable bonds is 5. The second kappa shape index (κ2) is 8.91. The summed E-state index contributed by atoms with van der Waals surface area (Å²) in [4.78, 5) is 8.60. The molecule has 3 aromatic rings. The lowest BCUT2D eigenvalue weighted by molar-refractivity contribution is 0.218. The maximum atomic E-state index is 14.1. The van der Waals surface area contributed by atoms with Gasteiger partial charge in [0.05, 0.1) is 0 Å². The molecule has 4 nitrogen and oxygen atoms in total. The van der Waals surface area contributed by atoms with Crippen molar-refractivity contribution in [1.82, 2.24) is 9.88 Å². The van der Waals surface area contributed by atoms with Crippen molar-refractivity contribution < 1.29 is 9.50 Å². The van der Waals surface area contributed by atoms with E-state index in [1.54, 1.807) is 24.5 Å². The standard InChI is InChI=1S/C23H23ClFN3O/c24-20-7-3-8-21(25)19(20)16-27-11-13-28(14-12-27)22-9-2-1-6-18(22)23(29)17-5-4-10-26-15-17/h1-10,15,23,29H,11-14,16H2. The van der Waals surface area contributed by atoms with Crippen LogP contribution < -0.4 is 4.90 Å². The number of halogens is 2. The summed E-state index contributed by atoms with van der Waals surface area (Å²) in [6, 6.07) is 16.4. The second-order valence-corrected chi connectivity index (χ2v) is 7.62. The van der Waals surface area contributed by atoms with E-state index in [-0.39, 0.29) is 5.82 Å². The number of aromatic nitrogens is 1. The van der Waals surface area contributed by atoms with Crippen molar-refractivity contribution in [2.75, 3.05) is 31.1 Å². The van der Waals surface area contributed by atoms with Gasteiger partial charge in [-0.1, -0.05) is 41.9 Å². The van der Waals surface area contributed by atoms with Crippen molar-refractivity contribution in [3.05, 3.63) is 94.5 Å². The van der Waals surface area contributed by atoms with Crippen LogP contribution in [0.5, 0.6) is 0 Å². The van der Waals surface area contributed by atoms with Gasteiger partial charge in [0.1, 0.15) is 11.9 Å². The van der Waals surface area contributed by atoms with Crippen LogP contribution in [0.3, 0.4) is 0 Å². The zero-order valence-corrected chi connectivity index (χ0v) is 16.8. The summed E-state index contributed by atoms with van der Waals surface area (Å²) in [6.45, 7) is 3.68. The summed E-state index contributed by atoms with van der Waals surface area (Å²) >= 11 is 6.18. The summed E-state index contributed by atoms with van der Waals surface area (Å²) in [5.74, 6) is -0.259. The SMILES string of the molecule is OC(c1cccnc1)c1ccccc1N1CCN(Cc2c(F)cccc2Cl)CC1. The van der Waals surface area contributed by atoms with Gasteiger partial charge >= 0.3 is 0 Å². The molecule has 0 saturated carbocycles. The highest BCUT2D eigenvalue weighted by Crippen LogP contribution is 2.31. The molecule has 0 radical (unpaired) electrons. The lowest BCUT2D eigenvalue weighted by Gasteiger charge is -2.37. The minimum atomic E-state index is -0.727. The monoisotopic (exact) mass is 411 g/mol. The number of hydrogen-bond acceptors (Lipinski definition) is 4. The first kappa shape index (κ1) is 19.8. The third kappa shape index (κ3) is 4.42. The molecule has 1 unspecified atom stereocenters. The first-order valence-electron chi connectivity index (χ1n) is 9.70. The maximum Gasteiger partial charge on any atom is 0.129 e. The fraction of sp³-hybridized carbons (Fsp3) is 0.261. The molecular formula is C23H23ClFN3O. The van der Waals surface area contributed by atoms with Gasteiger partial charge in [0, 0.05) is 72.5 Å². The van der Waals surface area contributed by atoms with Crippen LogP contribution in [0.1, 0.15) is 22.8 Å². The highest BCUT2D eigenvalue weighted by atomic mass is 35.5. The van der Waals surface area contributed by atoms with Crippen LogP contribution in [-0.4, -0.2) is 41.2 Å². The molecule has 29 heavy (non-hydrogen) atoms. The van der Waals surface area contributed by atoms with Crippen molar-refractivity contribution in [1.29, 1.82) is 0 Å². The van der Waals surface area contributed by atoms with Crippen molar-refractivity contribution >= 4 is 17.3 Å². The fourth-order valence-electron chi connectivity index (χ4n) is 3.78. The van der Waals surface area contributed by atoms with Crippen molar-refractivity contribution in [2.24, 2.45) is 0 Å². The smallest absolute Gasteiger partial charge is 0.129 e. The third-order valence-corrected chi connectivity index (χ3v) is 5.74. The lowest BCUT2D eigenvalue weighted by Crippen LogP contribution is -2.46. The topological polar surface area (TPSA) is 39.6 Å². The average Bonchev–Trinajstić information content (AvgIpc) is 2.77. The van der Waals surface area contributed by atoms with Gasteiger partial charge in [0.15, 0.2) is 0 Å². The van der Waals surface area contributed by atoms with E-state index >= 15 is 0 Å². The Labute approximate surface area is 175 Å². The molecule has 150 valence electrons. The Morgan fingerprint density at radius 2 is 1.79 bits per heavy atom. The van der Waals surface area contributed by atoms with Crippen molar-refractivity contribution in [3.63, 3.8) is 0 Å². The Balaban J connectivity index is 1.47. The van der Waals surface area contributed by atoms with E-state index in [4.69, 9.17) is 11.6 Å². The van der Waals surface area contributed by atoms with E-state index in [1.807, 2.05) is 36.4 Å². The predicted molar refractivity (Wildman–Crippen MR) is 114 cm³/mol. The van der Waals surface area contributed by atoms with E-state index in [0.29, 0.717) is 17.1 Å². The number of hydrogen-bond donors (Lipinski definition) is 1. The fourth-order valence-corrected chi connectivity index (χ4v) is 4.00. The van der Waals surface area contributed by atoms with Gasteiger partial charge < -0.3 is 10.0 Å². The normalized spacial score (nSPS) is 16.0. The number of nitrogens with zero attached hydrogens (tertiary/aromatic N) is 3. The van der Waals surface area contributed by atoms with Gasteiger partial charge in [-0.3, -0.25) is 9.88 Å². The van der Waals surface area contributed by atoms with Crippen LogP contribution in [0.4, 0.5) is 10.1 Å². The Kier molecular flexibility index (Phi) is 6.09. The molecule has 6 heteroatoms. The Morgan fingerprint density at radius 1 is 1.00 bits per heavy atom. The molecule has 0 spiro atoms. The molecule has 2 heterocycles. The summed E-state index contributed by atoms with van der Waals surface area (Å²) < 4.78 is 14.1. The van der Waals surface area contributed by atoms with E-state index in [9.17, 15) is 9.50 Å². The Hall–Kier alpha value is -2.47. The number of para-hydroxylation sites is 1. The number of aliphatic hydroxyl groups is 1. The van der Waals surface area contributed by atoms with Crippen LogP contribution in [-0.2, 0) is 6.54 Å². The Bertz CT molecular complexity index is 941. The zero-order valence-electron chi connectivity index (χ0n) is 16.0. The molecular weight excluding hydrogens is 389 g/mol. The maximum absolute atomic E-state index is 14.1. The molecule has 1 N–H and O–H groups in total. The van der Waals surface area contributed by atoms with E-state index in [1.165, 1.54) is 6.07 Å². The minimum Gasteiger partial charge on any atom is -0.384 e. The molecule has 1 aliphatic rings. The molecule has 1 fully saturated rings. The molecule has 2 aromatic carbocycles. The van der Waals surface area contributed by atoms with Crippen LogP contribution >= 0.6 is 11.6 Å². The van der Waals surface area contributed by atoms with Gasteiger partial charge in [-0.2, -0.15) is 0 Å². The largest absolute Gasteiger partial charge is 0.384 e. The number of anilines is 1. The molecule has 1 aliphatic heterocycles. The van der Waals surface area contributed by atoms with Gasteiger partial charge in [-0.15, -0.1) is 0 Å². The minimum absolute atomic E-state index is 0.259. The summed E-state index contributed by atoms with van der Waals surface area (Å²) in [6.07, 6.45) is 2.66. The molecule has 0 aliphatic carbocycles. The average molecular weight is 412 g/mol. The lowest BCUT2D eigenvalue weighted by atomic mass is 10.00. The van der Waals surface area contributed by atoms with Crippen molar-refractivity contribution in [2.45, 2.75) is 12.6 Å². The summed E-state index contributed by atoms with van der Waals surface area (Å²) in [7, 11) is 0. The van der Waals surface area contributed by atoms with E-state index in [2.05, 4.69) is 14.8 Å². The molecule has 0 amide bonds. The molecule has 1 saturated heterocycles. The Morgan fingerprint density at radius 3 is 2.52 bits per heavy atom. The van der Waals surface area contributed by atoms with Crippen LogP contribution in [0.25, 0.3) is 0 Å². The second-order valence-electron chi connectivity index (χ2n) is 7.21. The molecule has 1 atom stereocenters. The number of aliphatic hydroxyl groups excluding tert-OH is 1. The number of pyridine rings is 1. The van der Waals surface area contributed by atoms with E-state index in [0.717, 1.165) is 43.0 Å². The third-order valence-electron chi connectivity index (χ3n) is 5.39. The summed E-state index contributed by atoms with van der Waals surface area (Å²) in [5, 5.41) is 11.3. The molecule has 1 aromatic heterocycles. The highest BCUT2D eigenvalue weighted by Gasteiger charge is 2.23. The summed E-state index contributed by atoms with van der Waals surface area (Å²) in [5.41, 5.74) is 3.21. The van der Waals surface area contributed by atoms with Gasteiger partial charge in [0.2, 0.25) is 0 Å². The van der Waals surface area contributed by atoms with Crippen molar-refractivity contribution in [3.8, 4) is 0 Å². The highest BCUT2D eigenvalue weighted by molar-refractivity contribution is 6.31. The number of benzene rings is 2. The van der Waals surface area contributed by atoms with Crippen LogP contribution in [0.15, 0.2) is 67.0 Å². The van der Waals surface area contributed by atoms with Gasteiger partial charge in [-0.25, -0.2) is 4.39 Å². The zero-order chi connectivity index (χ0) is 20.2. The predicted octanol–water partition coefficient (Wildman–Crippen LogP) is 4.28. The van der Waals surface area contributed by atoms with Crippen LogP contribution in [0.2, 0.25) is 5.02 Å². The van der Waals surface area contributed by atoms with Gasteiger partial charge in [0.25, 0.3) is 0 Å². The van der Waals surface area contributed by atoms with Gasteiger partial charge in [-0.05, 0) is 24.3 Å². The molecule has 0 bridgehead atoms. The first-order chi connectivity index (χ1) is 14.1. The quantitative estimate of drug-likeness (QED) is 0.680. The number of piperazine rings is 1. The first-order valence-corrected chi connectivity index (χ1v) is 10.1.